The van der Waals surface area contributed by atoms with Crippen LogP contribution < -0.4 is 15.4 Å². The SMILES string of the molecule is COc1ccc(NC(=O)C2CSCN2C(=O)CNC(=O)c2ccc(C)s2)cc1. The number of thiophene rings is 1. The molecule has 1 aromatic heterocycles. The minimum absolute atomic E-state index is 0.136. The van der Waals surface area contributed by atoms with E-state index in [9.17, 15) is 14.4 Å². The first-order chi connectivity index (χ1) is 13.5. The highest BCUT2D eigenvalue weighted by molar-refractivity contribution is 7.99. The molecule has 3 rings (SSSR count). The molecule has 1 aromatic carbocycles. The fraction of sp³-hybridized carbons (Fsp3) is 0.316. The van der Waals surface area contributed by atoms with Crippen LogP contribution in [0.2, 0.25) is 0 Å². The van der Waals surface area contributed by atoms with Crippen LogP contribution in [0.25, 0.3) is 0 Å². The third-order valence-electron chi connectivity index (χ3n) is 4.23. The lowest BCUT2D eigenvalue weighted by molar-refractivity contribution is -0.135. The number of hydrogen-bond donors (Lipinski definition) is 2. The Morgan fingerprint density at radius 1 is 1.18 bits per heavy atom. The van der Waals surface area contributed by atoms with Crippen molar-refractivity contribution in [3.8, 4) is 5.75 Å². The van der Waals surface area contributed by atoms with Gasteiger partial charge in [0.05, 0.1) is 24.4 Å². The molecule has 2 aromatic rings. The first-order valence-electron chi connectivity index (χ1n) is 8.64. The molecule has 7 nitrogen and oxygen atoms in total. The summed E-state index contributed by atoms with van der Waals surface area (Å²) in [5, 5.41) is 5.46. The molecule has 2 N–H and O–H groups in total. The van der Waals surface area contributed by atoms with Gasteiger partial charge in [0.25, 0.3) is 5.91 Å². The molecule has 0 spiro atoms. The number of hydrogen-bond acceptors (Lipinski definition) is 6. The smallest absolute Gasteiger partial charge is 0.261 e. The quantitative estimate of drug-likeness (QED) is 0.750. The summed E-state index contributed by atoms with van der Waals surface area (Å²) in [7, 11) is 1.57. The van der Waals surface area contributed by atoms with E-state index in [1.807, 2.05) is 13.0 Å². The predicted octanol–water partition coefficient (Wildman–Crippen LogP) is 2.34. The summed E-state index contributed by atoms with van der Waals surface area (Å²) in [6, 6.07) is 10.0. The minimum Gasteiger partial charge on any atom is -0.497 e. The lowest BCUT2D eigenvalue weighted by Gasteiger charge is -2.23. The number of nitrogens with one attached hydrogen (secondary N) is 2. The molecule has 2 heterocycles. The Morgan fingerprint density at radius 3 is 2.57 bits per heavy atom. The maximum absolute atomic E-state index is 12.6. The number of thioether (sulfide) groups is 1. The standard InChI is InChI=1S/C19H21N3O4S2/c1-12-3-8-16(28-12)19(25)20-9-17(23)22-11-27-10-15(22)18(24)21-13-4-6-14(26-2)7-5-13/h3-8,15H,9-11H2,1-2H3,(H,20,25)(H,21,24). The van der Waals surface area contributed by atoms with Gasteiger partial charge >= 0.3 is 0 Å². The molecular weight excluding hydrogens is 398 g/mol. The molecule has 0 radical (unpaired) electrons. The van der Waals surface area contributed by atoms with E-state index in [0.717, 1.165) is 4.88 Å². The van der Waals surface area contributed by atoms with Crippen LogP contribution in [0.5, 0.6) is 5.75 Å². The van der Waals surface area contributed by atoms with Gasteiger partial charge in [-0.1, -0.05) is 0 Å². The molecule has 3 amide bonds. The second kappa shape index (κ2) is 9.11. The molecule has 1 unspecified atom stereocenters. The van der Waals surface area contributed by atoms with Gasteiger partial charge < -0.3 is 20.3 Å². The maximum Gasteiger partial charge on any atom is 0.261 e. The van der Waals surface area contributed by atoms with E-state index in [2.05, 4.69) is 10.6 Å². The van der Waals surface area contributed by atoms with Crippen molar-refractivity contribution in [2.45, 2.75) is 13.0 Å². The van der Waals surface area contributed by atoms with E-state index >= 15 is 0 Å². The molecule has 0 saturated carbocycles. The van der Waals surface area contributed by atoms with Crippen molar-refractivity contribution in [2.24, 2.45) is 0 Å². The van der Waals surface area contributed by atoms with E-state index in [1.54, 1.807) is 37.4 Å². The van der Waals surface area contributed by atoms with Crippen LogP contribution in [0.15, 0.2) is 36.4 Å². The van der Waals surface area contributed by atoms with Crippen LogP contribution in [-0.4, -0.2) is 53.9 Å². The number of carbonyl (C=O) groups is 3. The molecule has 1 aliphatic rings. The number of ether oxygens (including phenoxy) is 1. The van der Waals surface area contributed by atoms with Crippen molar-refractivity contribution >= 4 is 46.5 Å². The van der Waals surface area contributed by atoms with Gasteiger partial charge in [0, 0.05) is 16.3 Å². The third kappa shape index (κ3) is 4.85. The first kappa shape index (κ1) is 20.2. The van der Waals surface area contributed by atoms with Crippen molar-refractivity contribution < 1.29 is 19.1 Å². The minimum atomic E-state index is -0.569. The number of nitrogens with zero attached hydrogens (tertiary/aromatic N) is 1. The number of benzene rings is 1. The Labute approximate surface area is 171 Å². The van der Waals surface area contributed by atoms with Crippen molar-refractivity contribution in [1.29, 1.82) is 0 Å². The Bertz CT molecular complexity index is 866. The summed E-state index contributed by atoms with van der Waals surface area (Å²) in [5.41, 5.74) is 0.636. The second-order valence-corrected chi connectivity index (χ2v) is 8.48. The molecule has 28 heavy (non-hydrogen) atoms. The van der Waals surface area contributed by atoms with Gasteiger partial charge in [0.2, 0.25) is 11.8 Å². The van der Waals surface area contributed by atoms with E-state index < -0.39 is 6.04 Å². The normalized spacial score (nSPS) is 15.9. The topological polar surface area (TPSA) is 87.7 Å². The lowest BCUT2D eigenvalue weighted by atomic mass is 10.2. The van der Waals surface area contributed by atoms with Gasteiger partial charge in [0.1, 0.15) is 11.8 Å². The van der Waals surface area contributed by atoms with Gasteiger partial charge in [-0.05, 0) is 43.3 Å². The van der Waals surface area contributed by atoms with Crippen LogP contribution in [0.3, 0.4) is 0 Å². The van der Waals surface area contributed by atoms with Crippen molar-refractivity contribution in [3.05, 3.63) is 46.2 Å². The van der Waals surface area contributed by atoms with Crippen molar-refractivity contribution in [3.63, 3.8) is 0 Å². The molecule has 148 valence electrons. The molecule has 0 aliphatic carbocycles. The van der Waals surface area contributed by atoms with Crippen LogP contribution in [-0.2, 0) is 9.59 Å². The van der Waals surface area contributed by atoms with Gasteiger partial charge in [-0.3, -0.25) is 14.4 Å². The van der Waals surface area contributed by atoms with E-state index in [1.165, 1.54) is 28.0 Å². The van der Waals surface area contributed by atoms with Crippen molar-refractivity contribution in [1.82, 2.24) is 10.2 Å². The zero-order valence-electron chi connectivity index (χ0n) is 15.6. The van der Waals surface area contributed by atoms with Gasteiger partial charge in [-0.15, -0.1) is 23.1 Å². The first-order valence-corrected chi connectivity index (χ1v) is 10.6. The molecule has 1 aliphatic heterocycles. The summed E-state index contributed by atoms with van der Waals surface area (Å²) in [5.74, 6) is 0.838. The highest BCUT2D eigenvalue weighted by Crippen LogP contribution is 2.23. The number of rotatable bonds is 6. The third-order valence-corrected chi connectivity index (χ3v) is 6.24. The zero-order chi connectivity index (χ0) is 20.1. The van der Waals surface area contributed by atoms with Gasteiger partial charge in [-0.2, -0.15) is 0 Å². The second-order valence-electron chi connectivity index (χ2n) is 6.19. The summed E-state index contributed by atoms with van der Waals surface area (Å²) in [4.78, 5) is 40.4. The van der Waals surface area contributed by atoms with Gasteiger partial charge in [-0.25, -0.2) is 0 Å². The summed E-state index contributed by atoms with van der Waals surface area (Å²) >= 11 is 2.89. The average molecular weight is 420 g/mol. The average Bonchev–Trinajstić information content (AvgIpc) is 3.35. The fourth-order valence-corrected chi connectivity index (χ4v) is 4.67. The summed E-state index contributed by atoms with van der Waals surface area (Å²) in [6.07, 6.45) is 0. The Kier molecular flexibility index (Phi) is 6.58. The maximum atomic E-state index is 12.6. The van der Waals surface area contributed by atoms with E-state index in [4.69, 9.17) is 4.74 Å². The molecule has 9 heteroatoms. The van der Waals surface area contributed by atoms with E-state index in [-0.39, 0.29) is 24.3 Å². The van der Waals surface area contributed by atoms with Gasteiger partial charge in [0.15, 0.2) is 0 Å². The molecule has 1 atom stereocenters. The number of anilines is 1. The van der Waals surface area contributed by atoms with Crippen LogP contribution in [0.4, 0.5) is 5.69 Å². The fourth-order valence-electron chi connectivity index (χ4n) is 2.71. The molecule has 1 fully saturated rings. The lowest BCUT2D eigenvalue weighted by Crippen LogP contribution is -2.48. The highest BCUT2D eigenvalue weighted by Gasteiger charge is 2.34. The van der Waals surface area contributed by atoms with Crippen LogP contribution in [0.1, 0.15) is 14.5 Å². The van der Waals surface area contributed by atoms with Crippen LogP contribution in [0, 0.1) is 6.92 Å². The highest BCUT2D eigenvalue weighted by atomic mass is 32.2. The monoisotopic (exact) mass is 419 g/mol. The predicted molar refractivity (Wildman–Crippen MR) is 111 cm³/mol. The van der Waals surface area contributed by atoms with Crippen molar-refractivity contribution in [2.75, 3.05) is 30.6 Å². The molecule has 0 bridgehead atoms. The molecular formula is C19H21N3O4S2. The number of methoxy groups -OCH3 is 1. The molecule has 1 saturated heterocycles. The largest absolute Gasteiger partial charge is 0.497 e. The number of carbonyl (C=O) groups excluding carboxylic acids is 3. The Balaban J connectivity index is 1.55. The van der Waals surface area contributed by atoms with E-state index in [0.29, 0.717) is 27.9 Å². The van der Waals surface area contributed by atoms with Crippen LogP contribution >= 0.6 is 23.1 Å². The zero-order valence-corrected chi connectivity index (χ0v) is 17.2. The summed E-state index contributed by atoms with van der Waals surface area (Å²) < 4.78 is 5.10. The number of aryl methyl sites for hydroxylation is 1. The number of amides is 3. The summed E-state index contributed by atoms with van der Waals surface area (Å²) in [6.45, 7) is 1.78. The Morgan fingerprint density at radius 2 is 1.93 bits per heavy atom. The Hall–Kier alpha value is -2.52.